The van der Waals surface area contributed by atoms with Crippen LogP contribution in [0.5, 0.6) is 5.75 Å². The smallest absolute Gasteiger partial charge is 0.269 e. The minimum absolute atomic E-state index is 0.00879. The molecule has 8 nitrogen and oxygen atoms in total. The zero-order chi connectivity index (χ0) is 20.1. The van der Waals surface area contributed by atoms with Gasteiger partial charge in [-0.15, -0.1) is 10.2 Å². The Morgan fingerprint density at radius 2 is 1.89 bits per heavy atom. The van der Waals surface area contributed by atoms with Crippen molar-refractivity contribution in [3.8, 4) is 23.2 Å². The maximum atomic E-state index is 10.8. The van der Waals surface area contributed by atoms with E-state index in [0.717, 1.165) is 11.3 Å². The van der Waals surface area contributed by atoms with E-state index >= 15 is 0 Å². The van der Waals surface area contributed by atoms with Crippen LogP contribution in [0.1, 0.15) is 5.56 Å². The number of rotatable bonds is 6. The molecule has 9 heteroatoms. The number of nitro groups is 1. The van der Waals surface area contributed by atoms with E-state index in [0.29, 0.717) is 21.4 Å². The highest BCUT2D eigenvalue weighted by molar-refractivity contribution is 8.08. The summed E-state index contributed by atoms with van der Waals surface area (Å²) in [7, 11) is 3.44. The van der Waals surface area contributed by atoms with Gasteiger partial charge < -0.3 is 9.30 Å². The van der Waals surface area contributed by atoms with Crippen LogP contribution in [0, 0.1) is 21.4 Å². The van der Waals surface area contributed by atoms with Gasteiger partial charge in [0.2, 0.25) is 0 Å². The third-order valence-corrected chi connectivity index (χ3v) is 5.05. The van der Waals surface area contributed by atoms with Crippen molar-refractivity contribution in [3.05, 3.63) is 70.3 Å². The SMILES string of the molecule is COc1ccc(-c2nnc(S/C(=C\C#N)c3ccc([N+](=O)[O-])cc3)n2C)cc1. The van der Waals surface area contributed by atoms with E-state index in [9.17, 15) is 10.1 Å². The Morgan fingerprint density at radius 1 is 1.21 bits per heavy atom. The first-order valence-electron chi connectivity index (χ1n) is 8.09. The van der Waals surface area contributed by atoms with Crippen LogP contribution in [0.25, 0.3) is 16.3 Å². The zero-order valence-electron chi connectivity index (χ0n) is 15.1. The maximum Gasteiger partial charge on any atom is 0.269 e. The number of methoxy groups -OCH3 is 1. The molecule has 0 radical (unpaired) electrons. The predicted octanol–water partition coefficient (Wildman–Crippen LogP) is 4.06. The highest BCUT2D eigenvalue weighted by atomic mass is 32.2. The minimum atomic E-state index is -0.464. The number of ether oxygens (including phenoxy) is 1. The summed E-state index contributed by atoms with van der Waals surface area (Å²) in [4.78, 5) is 11.0. The van der Waals surface area contributed by atoms with Crippen LogP contribution >= 0.6 is 11.8 Å². The van der Waals surface area contributed by atoms with Gasteiger partial charge in [0, 0.05) is 35.7 Å². The van der Waals surface area contributed by atoms with Gasteiger partial charge >= 0.3 is 0 Å². The van der Waals surface area contributed by atoms with Gasteiger partial charge in [-0.3, -0.25) is 10.1 Å². The third kappa shape index (κ3) is 4.02. The number of nitro benzene ring substituents is 1. The lowest BCUT2D eigenvalue weighted by Gasteiger charge is -2.07. The van der Waals surface area contributed by atoms with Gasteiger partial charge in [0.15, 0.2) is 11.0 Å². The average Bonchev–Trinajstić information content (AvgIpc) is 3.08. The molecule has 2 aromatic carbocycles. The van der Waals surface area contributed by atoms with Crippen LogP contribution in [0.15, 0.2) is 59.8 Å². The Bertz CT molecular complexity index is 1070. The average molecular weight is 393 g/mol. The molecule has 1 aromatic heterocycles. The molecule has 140 valence electrons. The Kier molecular flexibility index (Phi) is 5.72. The molecule has 0 fully saturated rings. The van der Waals surface area contributed by atoms with Crippen LogP contribution in [-0.4, -0.2) is 26.8 Å². The van der Waals surface area contributed by atoms with E-state index in [-0.39, 0.29) is 5.69 Å². The molecule has 0 atom stereocenters. The molecule has 0 saturated carbocycles. The van der Waals surface area contributed by atoms with Crippen molar-refractivity contribution in [2.24, 2.45) is 7.05 Å². The van der Waals surface area contributed by atoms with Gasteiger partial charge in [0.25, 0.3) is 5.69 Å². The quantitative estimate of drug-likeness (QED) is 0.269. The minimum Gasteiger partial charge on any atom is -0.497 e. The Labute approximate surface area is 165 Å². The molecular weight excluding hydrogens is 378 g/mol. The van der Waals surface area contributed by atoms with E-state index in [1.54, 1.807) is 19.2 Å². The largest absolute Gasteiger partial charge is 0.497 e. The van der Waals surface area contributed by atoms with Crippen molar-refractivity contribution in [1.82, 2.24) is 14.8 Å². The molecular formula is C19H15N5O3S. The normalized spacial score (nSPS) is 11.1. The molecule has 28 heavy (non-hydrogen) atoms. The van der Waals surface area contributed by atoms with Crippen molar-refractivity contribution in [1.29, 1.82) is 5.26 Å². The standard InChI is InChI=1S/C19H15N5O3S/c1-23-18(14-5-9-16(27-2)10-6-14)21-22-19(23)28-17(11-12-20)13-3-7-15(8-4-13)24(25)26/h3-11H,1-2H3/b17-11-. The zero-order valence-corrected chi connectivity index (χ0v) is 15.9. The van der Waals surface area contributed by atoms with Crippen LogP contribution in [0.2, 0.25) is 0 Å². The first-order chi connectivity index (χ1) is 13.5. The van der Waals surface area contributed by atoms with Crippen molar-refractivity contribution < 1.29 is 9.66 Å². The monoisotopic (exact) mass is 393 g/mol. The Balaban J connectivity index is 1.88. The molecule has 0 amide bonds. The van der Waals surface area contributed by atoms with Gasteiger partial charge in [-0.2, -0.15) is 5.26 Å². The maximum absolute atomic E-state index is 10.8. The van der Waals surface area contributed by atoms with Crippen molar-refractivity contribution in [2.45, 2.75) is 5.16 Å². The fourth-order valence-corrected chi connectivity index (χ4v) is 3.34. The lowest BCUT2D eigenvalue weighted by molar-refractivity contribution is -0.384. The molecule has 3 rings (SSSR count). The van der Waals surface area contributed by atoms with Crippen LogP contribution in [0.4, 0.5) is 5.69 Å². The first kappa shape index (κ1) is 19.1. The topological polar surface area (TPSA) is 107 Å². The highest BCUT2D eigenvalue weighted by Gasteiger charge is 2.15. The molecule has 0 saturated heterocycles. The summed E-state index contributed by atoms with van der Waals surface area (Å²) >= 11 is 1.26. The summed E-state index contributed by atoms with van der Waals surface area (Å²) in [6.07, 6.45) is 1.38. The lowest BCUT2D eigenvalue weighted by atomic mass is 10.2. The molecule has 3 aromatic rings. The number of allylic oxidation sites excluding steroid dienone is 1. The summed E-state index contributed by atoms with van der Waals surface area (Å²) in [5, 5.41) is 29.0. The molecule has 0 N–H and O–H groups in total. The molecule has 0 bridgehead atoms. The van der Waals surface area contributed by atoms with Gasteiger partial charge in [-0.1, -0.05) is 0 Å². The number of benzene rings is 2. The fraction of sp³-hybridized carbons (Fsp3) is 0.105. The number of hydrogen-bond donors (Lipinski definition) is 0. The fourth-order valence-electron chi connectivity index (χ4n) is 2.47. The van der Waals surface area contributed by atoms with E-state index in [4.69, 9.17) is 10.00 Å². The molecule has 0 aliphatic carbocycles. The molecule has 1 heterocycles. The number of hydrogen-bond acceptors (Lipinski definition) is 7. The summed E-state index contributed by atoms with van der Waals surface area (Å²) in [6.45, 7) is 0. The number of aromatic nitrogens is 3. The summed E-state index contributed by atoms with van der Waals surface area (Å²) < 4.78 is 6.99. The van der Waals surface area contributed by atoms with E-state index in [2.05, 4.69) is 10.2 Å². The number of non-ortho nitro benzene ring substituents is 1. The molecule has 0 aliphatic heterocycles. The Morgan fingerprint density at radius 3 is 2.46 bits per heavy atom. The van der Waals surface area contributed by atoms with Gasteiger partial charge in [0.05, 0.1) is 18.1 Å². The van der Waals surface area contributed by atoms with Crippen molar-refractivity contribution in [2.75, 3.05) is 7.11 Å². The van der Waals surface area contributed by atoms with Gasteiger partial charge in [-0.25, -0.2) is 0 Å². The molecule has 0 aliphatic rings. The van der Waals surface area contributed by atoms with Gasteiger partial charge in [-0.05, 0) is 53.7 Å². The van der Waals surface area contributed by atoms with Crippen LogP contribution in [-0.2, 0) is 7.05 Å². The van der Waals surface area contributed by atoms with Crippen LogP contribution < -0.4 is 4.74 Å². The third-order valence-electron chi connectivity index (χ3n) is 3.94. The van der Waals surface area contributed by atoms with Gasteiger partial charge in [0.1, 0.15) is 5.75 Å². The molecule has 0 spiro atoms. The summed E-state index contributed by atoms with van der Waals surface area (Å²) in [5.41, 5.74) is 1.56. The molecule has 0 unspecified atom stereocenters. The van der Waals surface area contributed by atoms with E-state index in [1.807, 2.05) is 41.9 Å². The van der Waals surface area contributed by atoms with E-state index < -0.39 is 4.92 Å². The number of thioether (sulfide) groups is 1. The second kappa shape index (κ2) is 8.37. The first-order valence-corrected chi connectivity index (χ1v) is 8.91. The predicted molar refractivity (Wildman–Crippen MR) is 106 cm³/mol. The second-order valence-electron chi connectivity index (χ2n) is 5.64. The van der Waals surface area contributed by atoms with Crippen molar-refractivity contribution >= 4 is 22.4 Å². The number of nitriles is 1. The van der Waals surface area contributed by atoms with Crippen LogP contribution in [0.3, 0.4) is 0 Å². The summed E-state index contributed by atoms with van der Waals surface area (Å²) in [6, 6.07) is 15.5. The Hall–Kier alpha value is -3.64. The second-order valence-corrected chi connectivity index (χ2v) is 6.65. The lowest BCUT2D eigenvalue weighted by Crippen LogP contribution is -1.95. The summed E-state index contributed by atoms with van der Waals surface area (Å²) in [5.74, 6) is 1.42. The van der Waals surface area contributed by atoms with E-state index in [1.165, 1.54) is 30.0 Å². The number of nitrogens with zero attached hydrogens (tertiary/aromatic N) is 5. The highest BCUT2D eigenvalue weighted by Crippen LogP contribution is 2.35. The van der Waals surface area contributed by atoms with Crippen molar-refractivity contribution in [3.63, 3.8) is 0 Å².